The monoisotopic (exact) mass is 100 g/mol. The fraction of sp³-hybridized carbons (Fsp3) is 0.600. The van der Waals surface area contributed by atoms with Crippen molar-refractivity contribution in [3.05, 3.63) is 0 Å². The molecule has 0 saturated heterocycles. The first-order valence-corrected chi connectivity index (χ1v) is 2.97. The van der Waals surface area contributed by atoms with Crippen molar-refractivity contribution in [2.75, 3.05) is 5.75 Å². The van der Waals surface area contributed by atoms with Crippen molar-refractivity contribution < 1.29 is 0 Å². The van der Waals surface area contributed by atoms with Crippen molar-refractivity contribution in [2.45, 2.75) is 13.3 Å². The van der Waals surface area contributed by atoms with Gasteiger partial charge >= 0.3 is 0 Å². The molecule has 0 nitrogen and oxygen atoms in total. The van der Waals surface area contributed by atoms with E-state index in [4.69, 9.17) is 6.42 Å². The smallest absolute Gasteiger partial charge is 0.00539 e. The lowest BCUT2D eigenvalue weighted by molar-refractivity contribution is 1.11. The second-order valence-corrected chi connectivity index (χ2v) is 1.90. The zero-order chi connectivity index (χ0) is 4.83. The molecule has 6 heavy (non-hydrogen) atoms. The van der Waals surface area contributed by atoms with Crippen LogP contribution in [0, 0.1) is 11.7 Å². The van der Waals surface area contributed by atoms with Crippen LogP contribution in [0.2, 0.25) is 0 Å². The fourth-order valence-corrected chi connectivity index (χ4v) is 0.483. The van der Waals surface area contributed by atoms with Crippen LogP contribution < -0.4 is 0 Å². The molecule has 0 bridgehead atoms. The van der Waals surface area contributed by atoms with Crippen LogP contribution in [-0.2, 0) is 0 Å². The van der Waals surface area contributed by atoms with Gasteiger partial charge in [0.1, 0.15) is 0 Å². The van der Waals surface area contributed by atoms with Crippen LogP contribution in [0.4, 0.5) is 0 Å². The SMILES string of the molecule is C#CSCCC. The molecule has 0 fully saturated rings. The van der Waals surface area contributed by atoms with E-state index in [1.54, 1.807) is 0 Å². The minimum absolute atomic E-state index is 1.09. The average molecular weight is 100 g/mol. The van der Waals surface area contributed by atoms with Crippen molar-refractivity contribution in [1.82, 2.24) is 0 Å². The van der Waals surface area contributed by atoms with Crippen molar-refractivity contribution in [2.24, 2.45) is 0 Å². The number of terminal acetylenes is 1. The van der Waals surface area contributed by atoms with Gasteiger partial charge in [0.25, 0.3) is 0 Å². The van der Waals surface area contributed by atoms with E-state index in [1.807, 2.05) is 0 Å². The Balaban J connectivity index is 2.54. The van der Waals surface area contributed by atoms with E-state index in [2.05, 4.69) is 12.2 Å². The maximum Gasteiger partial charge on any atom is 0.00539 e. The summed E-state index contributed by atoms with van der Waals surface area (Å²) in [5, 5.41) is 2.49. The third-order valence-electron chi connectivity index (χ3n) is 0.390. The summed E-state index contributed by atoms with van der Waals surface area (Å²) in [5.41, 5.74) is 0. The molecule has 0 aromatic heterocycles. The van der Waals surface area contributed by atoms with E-state index in [9.17, 15) is 0 Å². The van der Waals surface area contributed by atoms with Crippen LogP contribution in [-0.4, -0.2) is 5.75 Å². The first kappa shape index (κ1) is 5.91. The molecule has 0 aliphatic carbocycles. The first-order valence-electron chi connectivity index (χ1n) is 1.99. The summed E-state index contributed by atoms with van der Waals surface area (Å²) in [6.45, 7) is 2.12. The van der Waals surface area contributed by atoms with E-state index in [0.717, 1.165) is 5.75 Å². The predicted octanol–water partition coefficient (Wildman–Crippen LogP) is 1.72. The van der Waals surface area contributed by atoms with Crippen LogP contribution in [0.15, 0.2) is 0 Å². The van der Waals surface area contributed by atoms with Crippen molar-refractivity contribution in [3.63, 3.8) is 0 Å². The second kappa shape index (κ2) is 4.91. The van der Waals surface area contributed by atoms with E-state index in [1.165, 1.54) is 18.2 Å². The minimum Gasteiger partial charge on any atom is -0.108 e. The van der Waals surface area contributed by atoms with Gasteiger partial charge in [-0.2, -0.15) is 0 Å². The van der Waals surface area contributed by atoms with Crippen LogP contribution >= 0.6 is 11.8 Å². The highest BCUT2D eigenvalue weighted by Gasteiger charge is 1.71. The maximum absolute atomic E-state index is 4.93. The van der Waals surface area contributed by atoms with Crippen LogP contribution in [0.3, 0.4) is 0 Å². The van der Waals surface area contributed by atoms with Gasteiger partial charge in [-0.05, 0) is 11.7 Å². The normalized spacial score (nSPS) is 7.33. The van der Waals surface area contributed by atoms with Crippen LogP contribution in [0.25, 0.3) is 0 Å². The van der Waals surface area contributed by atoms with E-state index < -0.39 is 0 Å². The summed E-state index contributed by atoms with van der Waals surface area (Å²) < 4.78 is 0. The Bertz CT molecular complexity index is 51.4. The van der Waals surface area contributed by atoms with E-state index >= 15 is 0 Å². The fourth-order valence-electron chi connectivity index (χ4n) is 0.161. The highest BCUT2D eigenvalue weighted by atomic mass is 32.2. The Hall–Kier alpha value is -0.0900. The van der Waals surface area contributed by atoms with Gasteiger partial charge in [0.2, 0.25) is 0 Å². The van der Waals surface area contributed by atoms with Crippen molar-refractivity contribution >= 4 is 11.8 Å². The Morgan fingerprint density at radius 3 is 2.67 bits per heavy atom. The highest BCUT2D eigenvalue weighted by molar-refractivity contribution is 8.03. The molecule has 0 unspecified atom stereocenters. The molecule has 0 aliphatic rings. The third kappa shape index (κ3) is 3.91. The Labute approximate surface area is 43.3 Å². The Kier molecular flexibility index (Phi) is 4.84. The molecule has 0 heterocycles. The molecule has 0 atom stereocenters. The third-order valence-corrected chi connectivity index (χ3v) is 1.17. The number of rotatable bonds is 2. The lowest BCUT2D eigenvalue weighted by Crippen LogP contribution is -1.64. The van der Waals surface area contributed by atoms with E-state index in [0.29, 0.717) is 0 Å². The number of hydrogen-bond acceptors (Lipinski definition) is 1. The minimum atomic E-state index is 1.09. The largest absolute Gasteiger partial charge is 0.108 e. The molecule has 0 aromatic rings. The highest BCUT2D eigenvalue weighted by Crippen LogP contribution is 1.95. The van der Waals surface area contributed by atoms with Gasteiger partial charge in [-0.15, -0.1) is 6.42 Å². The van der Waals surface area contributed by atoms with E-state index in [-0.39, 0.29) is 0 Å². The molecule has 0 aromatic carbocycles. The summed E-state index contributed by atoms with van der Waals surface area (Å²) >= 11 is 1.54. The summed E-state index contributed by atoms with van der Waals surface area (Å²) in [4.78, 5) is 0. The summed E-state index contributed by atoms with van der Waals surface area (Å²) in [7, 11) is 0. The number of hydrogen-bond donors (Lipinski definition) is 0. The van der Waals surface area contributed by atoms with Gasteiger partial charge in [-0.3, -0.25) is 0 Å². The van der Waals surface area contributed by atoms with Crippen LogP contribution in [0.1, 0.15) is 13.3 Å². The van der Waals surface area contributed by atoms with Gasteiger partial charge in [0, 0.05) is 5.75 Å². The molecule has 34 valence electrons. The molecule has 1 heteroatoms. The summed E-state index contributed by atoms with van der Waals surface area (Å²) in [6, 6.07) is 0. The lowest BCUT2D eigenvalue weighted by atomic mass is 10.6. The quantitative estimate of drug-likeness (QED) is 0.376. The standard InChI is InChI=1S/C5H8S/c1-3-5-6-4-2/h2H,3,5H2,1H3. The molecule has 0 aliphatic heterocycles. The second-order valence-electron chi connectivity index (χ2n) is 0.966. The van der Waals surface area contributed by atoms with Gasteiger partial charge in [-0.25, -0.2) is 0 Å². The van der Waals surface area contributed by atoms with Crippen molar-refractivity contribution in [1.29, 1.82) is 0 Å². The number of thioether (sulfide) groups is 1. The van der Waals surface area contributed by atoms with Gasteiger partial charge in [0.15, 0.2) is 0 Å². The zero-order valence-corrected chi connectivity index (χ0v) is 4.72. The maximum atomic E-state index is 4.93. The average Bonchev–Trinajstić information content (AvgIpc) is 1.61. The molecule has 0 N–H and O–H groups in total. The molecular formula is C5H8S. The summed E-state index contributed by atoms with van der Waals surface area (Å²) in [6.07, 6.45) is 6.10. The zero-order valence-electron chi connectivity index (χ0n) is 3.90. The molecule has 0 amide bonds. The molecule has 0 saturated carbocycles. The lowest BCUT2D eigenvalue weighted by Gasteiger charge is -1.79. The van der Waals surface area contributed by atoms with Gasteiger partial charge in [0.05, 0.1) is 0 Å². The topological polar surface area (TPSA) is 0 Å². The molecule has 0 spiro atoms. The van der Waals surface area contributed by atoms with Crippen LogP contribution in [0.5, 0.6) is 0 Å². The Morgan fingerprint density at radius 2 is 2.50 bits per heavy atom. The molecular weight excluding hydrogens is 92.1 g/mol. The molecule has 0 rings (SSSR count). The molecule has 0 radical (unpaired) electrons. The Morgan fingerprint density at radius 1 is 1.83 bits per heavy atom. The van der Waals surface area contributed by atoms with Gasteiger partial charge < -0.3 is 0 Å². The first-order chi connectivity index (χ1) is 2.91. The van der Waals surface area contributed by atoms with Crippen molar-refractivity contribution in [3.8, 4) is 11.7 Å². The predicted molar refractivity (Wildman–Crippen MR) is 31.6 cm³/mol. The summed E-state index contributed by atoms with van der Waals surface area (Å²) in [5.74, 6) is 1.09. The van der Waals surface area contributed by atoms with Gasteiger partial charge in [-0.1, -0.05) is 18.7 Å².